The van der Waals surface area contributed by atoms with Crippen LogP contribution in [0.4, 0.5) is 0 Å². The first-order valence-electron chi connectivity index (χ1n) is 0.858. The Morgan fingerprint density at radius 1 is 2.25 bits per heavy atom. The first kappa shape index (κ1) is 6.01. The van der Waals surface area contributed by atoms with Gasteiger partial charge in [-0.15, -0.1) is 0 Å². The molecule has 1 nitrogen and oxygen atoms in total. The third-order valence-electron chi connectivity index (χ3n) is 0. The molecule has 0 N–H and O–H groups in total. The fraction of sp³-hybridized carbons (Fsp3) is 0. The largest absolute Gasteiger partial charge is 0.771 e. The maximum absolute atomic E-state index is 7.81. The van der Waals surface area contributed by atoms with Crippen molar-refractivity contribution in [2.24, 2.45) is 0 Å². The van der Waals surface area contributed by atoms with Crippen LogP contribution in [0.25, 0.3) is 3.56 Å². The topological polar surface area (TPSA) is 22.3 Å². The van der Waals surface area contributed by atoms with Crippen LogP contribution in [0.1, 0.15) is 0 Å². The van der Waals surface area contributed by atoms with Gasteiger partial charge in [0.1, 0.15) is 0 Å². The van der Waals surface area contributed by atoms with Crippen molar-refractivity contribution < 1.29 is 31.1 Å². The Morgan fingerprint density at radius 2 is 2.50 bits per heavy atom. The van der Waals surface area contributed by atoms with Crippen molar-refractivity contribution in [1.29, 1.82) is 1.28 Å². The van der Waals surface area contributed by atoms with E-state index >= 15 is 0 Å². The van der Waals surface area contributed by atoms with Gasteiger partial charge in [0.25, 0.3) is 0 Å². The van der Waals surface area contributed by atoms with Gasteiger partial charge in [-0.05, 0) is 0 Å². The maximum Gasteiger partial charge on any atom is 0.0636 e. The van der Waals surface area contributed by atoms with Crippen LogP contribution < -0.4 is 0 Å². The standard InChI is InChI=1S/H2INP.U/c2-1-3;/h3H2;/q-1;/i3T;. The van der Waals surface area contributed by atoms with Crippen molar-refractivity contribution >= 4 is 27.3 Å². The van der Waals surface area contributed by atoms with Crippen molar-refractivity contribution in [2.75, 3.05) is 0 Å². The molecule has 0 aliphatic carbocycles. The summed E-state index contributed by atoms with van der Waals surface area (Å²) in [4.78, 5) is 0. The van der Waals surface area contributed by atoms with Crippen molar-refractivity contribution in [1.82, 2.24) is 0 Å². The third kappa shape index (κ3) is 8.99. The Hall–Kier alpha value is 2.01. The van der Waals surface area contributed by atoms with Crippen LogP contribution in [0, 0.1) is 31.1 Å². The predicted molar refractivity (Wildman–Crippen MR) is 27.1 cm³/mol. The second kappa shape index (κ2) is 8.89. The van der Waals surface area contributed by atoms with E-state index in [1.54, 1.807) is 0 Å². The molecule has 0 saturated carbocycles. The quantitative estimate of drug-likeness (QED) is 0.459. The number of hydrogen-bond donors (Lipinski definition) is 0. The van der Waals surface area contributed by atoms with Crippen molar-refractivity contribution in [3.63, 3.8) is 0 Å². The monoisotopic (exact) mass is 414 g/mol. The van der Waals surface area contributed by atoms with Gasteiger partial charge in [-0.25, -0.2) is 0 Å². The normalized spacial score (nSPS) is 10.5. The summed E-state index contributed by atoms with van der Waals surface area (Å²) in [5.41, 5.74) is 0. The smallest absolute Gasteiger partial charge is 0.0636 e. The van der Waals surface area contributed by atoms with Crippen LogP contribution in [0.3, 0.4) is 0 Å². The van der Waals surface area contributed by atoms with Gasteiger partial charge in [0.2, 0.25) is 0 Å². The molecule has 0 fully saturated rings. The molecule has 0 saturated heterocycles. The van der Waals surface area contributed by atoms with Crippen molar-refractivity contribution in [2.45, 2.75) is 0 Å². The Labute approximate surface area is 62.5 Å². The molecule has 0 spiro atoms. The second-order valence-electron chi connectivity index (χ2n) is 0.0845. The van der Waals surface area contributed by atoms with Gasteiger partial charge in [0.05, 0.1) is 1.28 Å². The van der Waals surface area contributed by atoms with Gasteiger partial charge in [0, 0.05) is 31.1 Å². The Morgan fingerprint density at radius 3 is 2.50 bits per heavy atom. The fourth-order valence-electron chi connectivity index (χ4n) is 0. The third-order valence-corrected chi connectivity index (χ3v) is 0. The molecule has 0 bridgehead atoms. The average Bonchev–Trinajstić information content (AvgIpc) is 1.37. The molecule has 0 aromatic heterocycles. The average molecular weight is 414 g/mol. The van der Waals surface area contributed by atoms with Crippen molar-refractivity contribution in [3.05, 3.63) is 3.56 Å². The van der Waals surface area contributed by atoms with E-state index in [1.165, 1.54) is 0 Å². The molecule has 0 radical (unpaired) electrons. The van der Waals surface area contributed by atoms with Gasteiger partial charge in [0.15, 0.2) is 0 Å². The van der Waals surface area contributed by atoms with Gasteiger partial charge in [-0.2, -0.15) is 0 Å². The summed E-state index contributed by atoms with van der Waals surface area (Å²) in [6.07, 6.45) is 0. The molecule has 4 heteroatoms. The zero-order valence-corrected chi connectivity index (χ0v) is 9.15. The van der Waals surface area contributed by atoms with Crippen LogP contribution in [0.2, 0.25) is 0 Å². The molecular weight excluding hydrogens is 410 g/mol. The Bertz CT molecular complexity index is 25.6. The molecule has 0 aliphatic heterocycles. The van der Waals surface area contributed by atoms with Crippen LogP contribution >= 0.6 is 27.3 Å². The molecule has 0 rings (SSSR count). The van der Waals surface area contributed by atoms with E-state index in [2.05, 4.69) is 0 Å². The first-order chi connectivity index (χ1) is 1.91. The molecule has 4 heavy (non-hydrogen) atoms. The molecule has 1 unspecified atom stereocenters. The van der Waals surface area contributed by atoms with Gasteiger partial charge in [-0.1, -0.05) is 6.83 Å². The number of nitrogens with zero attached hydrogens (tertiary/aromatic N) is 1. The van der Waals surface area contributed by atoms with E-state index in [0.717, 1.165) is 0 Å². The summed E-state index contributed by atoms with van der Waals surface area (Å²) >= 11 is -0.695. The summed E-state index contributed by atoms with van der Waals surface area (Å²) in [6.45, 7) is 0.0560. The minimum atomic E-state index is -0.695. The summed E-state index contributed by atoms with van der Waals surface area (Å²) in [7, 11) is 0. The van der Waals surface area contributed by atoms with Crippen molar-refractivity contribution in [3.8, 4) is 0 Å². The van der Waals surface area contributed by atoms with E-state index in [9.17, 15) is 0 Å². The molecule has 0 aliphatic rings. The predicted octanol–water partition coefficient (Wildman–Crippen LogP) is 1.50. The first-order valence-corrected chi connectivity index (χ1v) is 4.94. The molecule has 24 valence electrons. The summed E-state index contributed by atoms with van der Waals surface area (Å²) < 4.78 is 14.1. The number of hydrogen-bond acceptors (Lipinski definition) is 0. The molecule has 0 aromatic carbocycles. The van der Waals surface area contributed by atoms with E-state index in [0.29, 0.717) is 0 Å². The summed E-state index contributed by atoms with van der Waals surface area (Å²) in [6, 6.07) is 0. The van der Waals surface area contributed by atoms with Crippen LogP contribution in [-0.4, -0.2) is 1.28 Å². The number of halogens is 1. The Balaban J connectivity index is 0. The zero-order valence-electron chi connectivity index (χ0n) is 2.83. The zero-order chi connectivity index (χ0) is 3.41. The van der Waals surface area contributed by atoms with E-state index in [-0.39, 0.29) is 37.9 Å². The van der Waals surface area contributed by atoms with Gasteiger partial charge < -0.3 is 3.56 Å². The van der Waals surface area contributed by atoms with E-state index in [4.69, 9.17) is 4.84 Å². The molecular formula is H2INPU-. The van der Waals surface area contributed by atoms with E-state index in [1.807, 2.05) is 0 Å². The molecule has 0 amide bonds. The molecule has 0 aromatic rings. The SMILES string of the molecule is [3H]PI=[N-].[U]. The summed E-state index contributed by atoms with van der Waals surface area (Å²) in [5.74, 6) is 0. The van der Waals surface area contributed by atoms with Crippen LogP contribution in [-0.2, 0) is 0 Å². The number of rotatable bonds is 1. The summed E-state index contributed by atoms with van der Waals surface area (Å²) in [5, 5.41) is 0. The van der Waals surface area contributed by atoms with Crippen LogP contribution in [0.15, 0.2) is 0 Å². The van der Waals surface area contributed by atoms with E-state index < -0.39 is 20.5 Å². The fourth-order valence-corrected chi connectivity index (χ4v) is 0. The molecule has 0 heterocycles. The maximum atomic E-state index is 7.81. The minimum Gasteiger partial charge on any atom is -0.771 e. The van der Waals surface area contributed by atoms with Gasteiger partial charge >= 0.3 is 0 Å². The molecule has 1 atom stereocenters. The minimum absolute atomic E-state index is 0. The van der Waals surface area contributed by atoms with Gasteiger partial charge in [-0.3, -0.25) is 20.5 Å². The Kier molecular flexibility index (Phi) is 13.4. The second-order valence-corrected chi connectivity index (χ2v) is 1.70. The van der Waals surface area contributed by atoms with Crippen LogP contribution in [0.5, 0.6) is 0 Å².